The highest BCUT2D eigenvalue weighted by Gasteiger charge is 2.24. The van der Waals surface area contributed by atoms with Crippen molar-refractivity contribution in [2.24, 2.45) is 0 Å². The van der Waals surface area contributed by atoms with Gasteiger partial charge in [-0.15, -0.1) is 33.2 Å². The van der Waals surface area contributed by atoms with E-state index in [1.165, 1.54) is 0 Å². The Morgan fingerprint density at radius 2 is 1.83 bits per heavy atom. The van der Waals surface area contributed by atoms with E-state index < -0.39 is 12.0 Å². The molecule has 0 heterocycles. The number of rotatable bonds is 6. The second kappa shape index (κ2) is 7.19. The molecule has 0 aliphatic carbocycles. The fraction of sp³-hybridized carbons (Fsp3) is 0.250. The summed E-state index contributed by atoms with van der Waals surface area (Å²) in [6, 6.07) is 7.00. The van der Waals surface area contributed by atoms with Gasteiger partial charge in [-0.05, 0) is 18.0 Å². The van der Waals surface area contributed by atoms with Crippen LogP contribution < -0.4 is 0 Å². The van der Waals surface area contributed by atoms with Crippen LogP contribution in [0.3, 0.4) is 0 Å². The van der Waals surface area contributed by atoms with Crippen molar-refractivity contribution in [2.75, 3.05) is 6.61 Å². The minimum absolute atomic E-state index is 0.242. The van der Waals surface area contributed by atoms with E-state index in [0.717, 1.165) is 5.56 Å². The molecule has 0 fully saturated rings. The van der Waals surface area contributed by atoms with E-state index in [1.807, 2.05) is 18.2 Å². The molecule has 0 radical (unpaired) electrons. The Morgan fingerprint density at radius 1 is 1.22 bits per heavy atom. The van der Waals surface area contributed by atoms with Crippen molar-refractivity contribution in [2.45, 2.75) is 12.5 Å². The Balaban J connectivity index is 2.36. The van der Waals surface area contributed by atoms with Crippen molar-refractivity contribution in [1.29, 1.82) is 0 Å². The molecule has 0 atom stereocenters. The van der Waals surface area contributed by atoms with Crippen LogP contribution in [-0.2, 0) is 9.53 Å². The molecule has 18 heavy (non-hydrogen) atoms. The third-order valence-corrected chi connectivity index (χ3v) is 4.83. The highest BCUT2D eigenvalue weighted by atomic mass is 35.8. The summed E-state index contributed by atoms with van der Waals surface area (Å²) in [5, 5.41) is 0. The predicted octanol–water partition coefficient (Wildman–Crippen LogP) is 4.29. The Bertz CT molecular complexity index is 415. The van der Waals surface area contributed by atoms with E-state index in [4.69, 9.17) is 38.0 Å². The molecule has 0 saturated carbocycles. The molecule has 1 aromatic rings. The van der Waals surface area contributed by atoms with Crippen LogP contribution >= 0.6 is 33.2 Å². The topological polar surface area (TPSA) is 26.3 Å². The first-order chi connectivity index (χ1) is 8.40. The molecule has 2 nitrogen and oxygen atoms in total. The lowest BCUT2D eigenvalue weighted by Crippen LogP contribution is -2.12. The maximum Gasteiger partial charge on any atom is 0.341 e. The van der Waals surface area contributed by atoms with E-state index in [1.54, 1.807) is 12.1 Å². The molecule has 0 N–H and O–H groups in total. The quantitative estimate of drug-likeness (QED) is 0.257. The monoisotopic (exact) mass is 322 g/mol. The van der Waals surface area contributed by atoms with Crippen LogP contribution in [0.15, 0.2) is 36.9 Å². The molecule has 1 rings (SSSR count). The number of carbonyl (C=O) groups is 1. The number of carbonyl (C=O) groups excluding carboxylic acids is 1. The zero-order valence-corrected chi connectivity index (χ0v) is 12.9. The third kappa shape index (κ3) is 5.91. The molecule has 0 amide bonds. The minimum atomic E-state index is -2.62. The summed E-state index contributed by atoms with van der Waals surface area (Å²) in [5.74, 6) is -0.438. The zero-order valence-electron chi connectivity index (χ0n) is 9.67. The van der Waals surface area contributed by atoms with E-state index in [0.29, 0.717) is 18.0 Å². The highest BCUT2D eigenvalue weighted by molar-refractivity contribution is 7.64. The zero-order chi connectivity index (χ0) is 13.6. The summed E-state index contributed by atoms with van der Waals surface area (Å²) in [5.41, 5.74) is 1.08. The summed E-state index contributed by atoms with van der Waals surface area (Å²) in [6.07, 6.45) is 0.552. The van der Waals surface area contributed by atoms with Gasteiger partial charge < -0.3 is 4.74 Å². The molecule has 0 spiro atoms. The number of benzene rings is 1. The van der Waals surface area contributed by atoms with Gasteiger partial charge in [0.05, 0.1) is 12.2 Å². The van der Waals surface area contributed by atoms with Crippen LogP contribution in [0.25, 0.3) is 5.57 Å². The van der Waals surface area contributed by atoms with Crippen molar-refractivity contribution >= 4 is 50.8 Å². The standard InChI is InChI=1S/C12H13Cl3O2Si/c1-10(11-6-3-2-4-7-11)12(16)17-8-5-9-18(13,14)15/h2-4,6-7H,1,5,8-9H2. The second-order valence-corrected chi connectivity index (χ2v) is 13.0. The molecule has 6 heteroatoms. The number of esters is 1. The van der Waals surface area contributed by atoms with Crippen LogP contribution in [0.5, 0.6) is 0 Å². The van der Waals surface area contributed by atoms with Crippen LogP contribution in [0.1, 0.15) is 12.0 Å². The van der Waals surface area contributed by atoms with Gasteiger partial charge in [0, 0.05) is 0 Å². The average Bonchev–Trinajstić information content (AvgIpc) is 2.33. The Kier molecular flexibility index (Phi) is 6.22. The smallest absolute Gasteiger partial charge is 0.341 e. The average molecular weight is 324 g/mol. The van der Waals surface area contributed by atoms with Crippen LogP contribution in [0.2, 0.25) is 6.04 Å². The molecule has 0 aliphatic heterocycles. The van der Waals surface area contributed by atoms with Gasteiger partial charge in [0.2, 0.25) is 0 Å². The number of halogens is 3. The molecule has 98 valence electrons. The maximum absolute atomic E-state index is 11.7. The van der Waals surface area contributed by atoms with Gasteiger partial charge in [-0.2, -0.15) is 0 Å². The molecule has 0 saturated heterocycles. The van der Waals surface area contributed by atoms with Crippen molar-refractivity contribution in [3.63, 3.8) is 0 Å². The molecule has 0 bridgehead atoms. The van der Waals surface area contributed by atoms with E-state index in [-0.39, 0.29) is 6.61 Å². The number of hydrogen-bond acceptors (Lipinski definition) is 2. The molecular weight excluding hydrogens is 311 g/mol. The Labute approximate surface area is 122 Å². The molecule has 1 aromatic carbocycles. The first-order valence-corrected chi connectivity index (χ1v) is 10.6. The largest absolute Gasteiger partial charge is 0.462 e. The molecule has 0 aromatic heterocycles. The van der Waals surface area contributed by atoms with E-state index >= 15 is 0 Å². The summed E-state index contributed by atoms with van der Waals surface area (Å²) in [7, 11) is 0. The van der Waals surface area contributed by atoms with E-state index in [2.05, 4.69) is 6.58 Å². The van der Waals surface area contributed by atoms with Crippen molar-refractivity contribution < 1.29 is 9.53 Å². The fourth-order valence-corrected chi connectivity index (χ4v) is 3.03. The van der Waals surface area contributed by atoms with Crippen LogP contribution in [-0.4, -0.2) is 18.6 Å². The molecular formula is C12H13Cl3O2Si. The number of ether oxygens (including phenoxy) is 1. The van der Waals surface area contributed by atoms with Gasteiger partial charge in [0.1, 0.15) is 0 Å². The first-order valence-electron chi connectivity index (χ1n) is 5.38. The van der Waals surface area contributed by atoms with Gasteiger partial charge in [-0.25, -0.2) is 4.79 Å². The van der Waals surface area contributed by atoms with Gasteiger partial charge >= 0.3 is 12.0 Å². The molecule has 0 unspecified atom stereocenters. The lowest BCUT2D eigenvalue weighted by Gasteiger charge is -2.09. The Hall–Kier alpha value is -0.483. The van der Waals surface area contributed by atoms with Crippen molar-refractivity contribution in [3.05, 3.63) is 42.5 Å². The van der Waals surface area contributed by atoms with Crippen LogP contribution in [0.4, 0.5) is 0 Å². The summed E-state index contributed by atoms with van der Waals surface area (Å²) in [4.78, 5) is 11.7. The first kappa shape index (κ1) is 15.6. The lowest BCUT2D eigenvalue weighted by molar-refractivity contribution is -0.136. The number of hydrogen-bond donors (Lipinski definition) is 0. The summed E-state index contributed by atoms with van der Waals surface area (Å²) < 4.78 is 5.06. The minimum Gasteiger partial charge on any atom is -0.462 e. The molecule has 0 aliphatic rings. The van der Waals surface area contributed by atoms with Crippen molar-refractivity contribution in [3.8, 4) is 0 Å². The van der Waals surface area contributed by atoms with E-state index in [9.17, 15) is 4.79 Å². The van der Waals surface area contributed by atoms with Gasteiger partial charge in [-0.1, -0.05) is 36.9 Å². The normalized spacial score (nSPS) is 11.1. The van der Waals surface area contributed by atoms with Crippen LogP contribution in [0, 0.1) is 0 Å². The summed E-state index contributed by atoms with van der Waals surface area (Å²) >= 11 is 17.2. The fourth-order valence-electron chi connectivity index (χ4n) is 1.28. The summed E-state index contributed by atoms with van der Waals surface area (Å²) in [6.45, 7) is 3.95. The SMILES string of the molecule is C=C(C(=O)OCCC[Si](Cl)(Cl)Cl)c1ccccc1. The maximum atomic E-state index is 11.7. The third-order valence-electron chi connectivity index (χ3n) is 2.21. The van der Waals surface area contributed by atoms with Gasteiger partial charge in [0.25, 0.3) is 0 Å². The Morgan fingerprint density at radius 3 is 2.39 bits per heavy atom. The predicted molar refractivity (Wildman–Crippen MR) is 79.2 cm³/mol. The van der Waals surface area contributed by atoms with Gasteiger partial charge in [0.15, 0.2) is 0 Å². The van der Waals surface area contributed by atoms with Crippen molar-refractivity contribution in [1.82, 2.24) is 0 Å². The van der Waals surface area contributed by atoms with Gasteiger partial charge in [-0.3, -0.25) is 0 Å². The second-order valence-electron chi connectivity index (χ2n) is 3.70. The highest BCUT2D eigenvalue weighted by Crippen LogP contribution is 2.26. The lowest BCUT2D eigenvalue weighted by atomic mass is 10.1.